The van der Waals surface area contributed by atoms with Crippen molar-refractivity contribution in [2.75, 3.05) is 0 Å². The van der Waals surface area contributed by atoms with Gasteiger partial charge in [-0.2, -0.15) is 15.1 Å². The highest BCUT2D eigenvalue weighted by atomic mass is 32.2. The largest absolute Gasteiger partial charge is 0.433 e. The third-order valence-electron chi connectivity index (χ3n) is 3.80. The Morgan fingerprint density at radius 3 is 2.85 bits per heavy atom. The van der Waals surface area contributed by atoms with Gasteiger partial charge in [0.25, 0.3) is 5.91 Å². The maximum absolute atomic E-state index is 12.3. The zero-order valence-electron chi connectivity index (χ0n) is 13.9. The molecule has 1 N–H and O–H groups in total. The van der Waals surface area contributed by atoms with Crippen molar-refractivity contribution in [3.05, 3.63) is 69.0 Å². The van der Waals surface area contributed by atoms with Gasteiger partial charge >= 0.3 is 5.88 Å². The zero-order valence-corrected chi connectivity index (χ0v) is 14.7. The quantitative estimate of drug-likeness (QED) is 0.494. The molecule has 3 heterocycles. The molecule has 0 unspecified atom stereocenters. The first-order chi connectivity index (χ1) is 12.9. The summed E-state index contributed by atoms with van der Waals surface area (Å²) in [6.45, 7) is 1.96. The van der Waals surface area contributed by atoms with Crippen molar-refractivity contribution in [2.45, 2.75) is 6.92 Å². The smallest absolute Gasteiger partial charge is 0.401 e. The predicted molar refractivity (Wildman–Crippen MR) is 101 cm³/mol. The van der Waals surface area contributed by atoms with Crippen molar-refractivity contribution in [2.24, 2.45) is 10.1 Å². The molecule has 0 atom stereocenters. The van der Waals surface area contributed by atoms with Crippen molar-refractivity contribution in [3.8, 4) is 0 Å². The number of aryl methyl sites for hydroxylation is 1. The third kappa shape index (κ3) is 3.06. The van der Waals surface area contributed by atoms with Crippen molar-refractivity contribution in [1.82, 2.24) is 5.01 Å². The number of rotatable bonds is 3. The van der Waals surface area contributed by atoms with E-state index in [1.54, 1.807) is 0 Å². The number of thioether (sulfide) groups is 1. The Hall–Kier alpha value is -3.53. The van der Waals surface area contributed by atoms with E-state index in [0.717, 1.165) is 11.1 Å². The molecule has 0 spiro atoms. The highest BCUT2D eigenvalue weighted by Crippen LogP contribution is 2.31. The van der Waals surface area contributed by atoms with Gasteiger partial charge in [0.05, 0.1) is 11.6 Å². The Morgan fingerprint density at radius 1 is 1.33 bits per heavy atom. The summed E-state index contributed by atoms with van der Waals surface area (Å²) in [5.41, 5.74) is 1.87. The van der Waals surface area contributed by atoms with E-state index in [9.17, 15) is 14.9 Å². The van der Waals surface area contributed by atoms with Gasteiger partial charge in [0.2, 0.25) is 5.17 Å². The van der Waals surface area contributed by atoms with Gasteiger partial charge in [0.15, 0.2) is 5.84 Å². The third-order valence-corrected chi connectivity index (χ3v) is 4.76. The second-order valence-electron chi connectivity index (χ2n) is 5.73. The zero-order chi connectivity index (χ0) is 19.1. The molecule has 0 saturated heterocycles. The molecule has 2 aliphatic heterocycles. The van der Waals surface area contributed by atoms with Crippen LogP contribution in [0.25, 0.3) is 6.08 Å². The van der Waals surface area contributed by atoms with Crippen LogP contribution in [0, 0.1) is 22.4 Å². The number of hydrogen-bond donors (Lipinski definition) is 1. The Kier molecular flexibility index (Phi) is 3.96. The molecule has 2 aliphatic rings. The Labute approximate surface area is 156 Å². The van der Waals surface area contributed by atoms with Crippen LogP contribution in [0.3, 0.4) is 0 Å². The van der Waals surface area contributed by atoms with Crippen LogP contribution in [-0.4, -0.2) is 31.9 Å². The number of aliphatic imine (C=N–C) groups is 1. The molecule has 0 aliphatic carbocycles. The molecule has 10 heteroatoms. The lowest BCUT2D eigenvalue weighted by molar-refractivity contribution is -0.402. The monoisotopic (exact) mass is 381 g/mol. The number of benzene rings is 1. The number of carbonyl (C=O) groups excluding carboxylic acids is 1. The Balaban J connectivity index is 1.68. The molecule has 0 fully saturated rings. The first-order valence-electron chi connectivity index (χ1n) is 7.74. The minimum atomic E-state index is -0.679. The fraction of sp³-hybridized carbons (Fsp3) is 0.0588. The van der Waals surface area contributed by atoms with E-state index in [4.69, 9.17) is 9.83 Å². The van der Waals surface area contributed by atoms with Gasteiger partial charge in [-0.15, -0.1) is 0 Å². The van der Waals surface area contributed by atoms with Crippen LogP contribution in [0.1, 0.15) is 16.9 Å². The summed E-state index contributed by atoms with van der Waals surface area (Å²) >= 11 is 1.20. The average Bonchev–Trinajstić information content (AvgIpc) is 3.26. The first-order valence-corrected chi connectivity index (χ1v) is 8.55. The van der Waals surface area contributed by atoms with Crippen LogP contribution >= 0.6 is 11.8 Å². The van der Waals surface area contributed by atoms with Gasteiger partial charge < -0.3 is 4.42 Å². The lowest BCUT2D eigenvalue weighted by Crippen LogP contribution is -2.35. The molecule has 4 rings (SSSR count). The van der Waals surface area contributed by atoms with Crippen LogP contribution < -0.4 is 0 Å². The molecule has 1 amide bonds. The number of fused-ring (bicyclic) bond motifs is 1. The van der Waals surface area contributed by atoms with Gasteiger partial charge in [0.1, 0.15) is 15.7 Å². The van der Waals surface area contributed by atoms with Crippen LogP contribution in [0.4, 0.5) is 5.88 Å². The maximum Gasteiger partial charge on any atom is 0.433 e. The SMILES string of the molecule is Cc1cccc(C2=NN3C(=N)/C(=C/c4ccc([N+](=O)[O-])o4)C(=O)N=C3S2)c1. The number of amides is 1. The van der Waals surface area contributed by atoms with E-state index < -0.39 is 16.7 Å². The number of amidine groups is 2. The number of furan rings is 1. The van der Waals surface area contributed by atoms with Crippen LogP contribution in [-0.2, 0) is 4.79 Å². The van der Waals surface area contributed by atoms with Crippen LogP contribution in [0.2, 0.25) is 0 Å². The molecule has 0 radical (unpaired) electrons. The van der Waals surface area contributed by atoms with Crippen molar-refractivity contribution in [1.29, 1.82) is 5.41 Å². The minimum Gasteiger partial charge on any atom is -0.401 e. The summed E-state index contributed by atoms with van der Waals surface area (Å²) in [6.07, 6.45) is 1.25. The lowest BCUT2D eigenvalue weighted by Gasteiger charge is -2.19. The van der Waals surface area contributed by atoms with E-state index >= 15 is 0 Å². The van der Waals surface area contributed by atoms with E-state index in [2.05, 4.69) is 10.1 Å². The standard InChI is InChI=1S/C17H11N5O4S/c1-9-3-2-4-10(7-9)16-20-21-14(18)12(15(23)19-17(21)27-16)8-11-5-6-13(26-11)22(24)25/h2-8,18H,1H3/b12-8-,18-14?. The number of carbonyl (C=O) groups is 1. The number of hydrazone groups is 1. The van der Waals surface area contributed by atoms with E-state index in [1.165, 1.54) is 35.0 Å². The highest BCUT2D eigenvalue weighted by molar-refractivity contribution is 8.27. The molecule has 9 nitrogen and oxygen atoms in total. The summed E-state index contributed by atoms with van der Waals surface area (Å²) < 4.78 is 5.03. The number of nitro groups is 1. The Morgan fingerprint density at radius 2 is 2.15 bits per heavy atom. The fourth-order valence-corrected chi connectivity index (χ4v) is 3.43. The average molecular weight is 381 g/mol. The number of nitrogens with one attached hydrogen (secondary N) is 1. The summed E-state index contributed by atoms with van der Waals surface area (Å²) in [5, 5.41) is 25.6. The van der Waals surface area contributed by atoms with Gasteiger partial charge in [-0.05, 0) is 36.9 Å². The summed E-state index contributed by atoms with van der Waals surface area (Å²) in [5.74, 6) is -1.15. The van der Waals surface area contributed by atoms with E-state index in [-0.39, 0.29) is 17.2 Å². The molecular formula is C17H11N5O4S. The molecule has 1 aromatic heterocycles. The Bertz CT molecular complexity index is 1100. The maximum atomic E-state index is 12.3. The van der Waals surface area contributed by atoms with E-state index in [1.807, 2.05) is 31.2 Å². The van der Waals surface area contributed by atoms with Gasteiger partial charge in [-0.1, -0.05) is 23.8 Å². The normalized spacial score (nSPS) is 17.8. The van der Waals surface area contributed by atoms with Gasteiger partial charge in [-0.25, -0.2) is 0 Å². The van der Waals surface area contributed by atoms with Gasteiger partial charge in [-0.3, -0.25) is 20.3 Å². The van der Waals surface area contributed by atoms with Crippen LogP contribution in [0.15, 0.2) is 56.5 Å². The van der Waals surface area contributed by atoms with Crippen molar-refractivity contribution < 1.29 is 14.1 Å². The minimum absolute atomic E-state index is 0.0576. The lowest BCUT2D eigenvalue weighted by atomic mass is 10.1. The van der Waals surface area contributed by atoms with Crippen LogP contribution in [0.5, 0.6) is 0 Å². The molecule has 2 aromatic rings. The fourth-order valence-electron chi connectivity index (χ4n) is 2.55. The van der Waals surface area contributed by atoms with Crippen molar-refractivity contribution in [3.63, 3.8) is 0 Å². The molecule has 27 heavy (non-hydrogen) atoms. The number of hydrogen-bond acceptors (Lipinski definition) is 7. The van der Waals surface area contributed by atoms with E-state index in [0.29, 0.717) is 10.2 Å². The molecule has 134 valence electrons. The molecule has 0 saturated carbocycles. The second-order valence-corrected chi connectivity index (χ2v) is 6.68. The molecule has 1 aromatic carbocycles. The van der Waals surface area contributed by atoms with Crippen molar-refractivity contribution >= 4 is 45.7 Å². The molecule has 0 bridgehead atoms. The number of nitrogens with zero attached hydrogens (tertiary/aromatic N) is 4. The second kappa shape index (κ2) is 6.32. The topological polar surface area (TPSA) is 125 Å². The van der Waals surface area contributed by atoms with Gasteiger partial charge in [0, 0.05) is 5.56 Å². The molecular weight excluding hydrogens is 370 g/mol. The highest BCUT2D eigenvalue weighted by Gasteiger charge is 2.36. The predicted octanol–water partition coefficient (Wildman–Crippen LogP) is 3.16. The summed E-state index contributed by atoms with van der Waals surface area (Å²) in [7, 11) is 0. The first kappa shape index (κ1) is 16.9. The summed E-state index contributed by atoms with van der Waals surface area (Å²) in [4.78, 5) is 26.3. The summed E-state index contributed by atoms with van der Waals surface area (Å²) in [6, 6.07) is 10.2.